The summed E-state index contributed by atoms with van der Waals surface area (Å²) in [5.74, 6) is 0.705. The van der Waals surface area contributed by atoms with Crippen molar-refractivity contribution in [2.75, 3.05) is 0 Å². The maximum atomic E-state index is 10.7. The summed E-state index contributed by atoms with van der Waals surface area (Å²) in [5, 5.41) is 7.48. The van der Waals surface area contributed by atoms with Crippen molar-refractivity contribution in [1.82, 2.24) is 19.7 Å². The van der Waals surface area contributed by atoms with Crippen LogP contribution in [-0.2, 0) is 6.54 Å². The van der Waals surface area contributed by atoms with Crippen LogP contribution in [-0.4, -0.2) is 25.7 Å². The van der Waals surface area contributed by atoms with Crippen LogP contribution in [0.2, 0.25) is 0 Å². The lowest BCUT2D eigenvalue weighted by Gasteiger charge is -2.18. The van der Waals surface area contributed by atoms with Crippen LogP contribution in [0.15, 0.2) is 12.5 Å². The summed E-state index contributed by atoms with van der Waals surface area (Å²) in [6.45, 7) is 0.381. The van der Waals surface area contributed by atoms with Crippen molar-refractivity contribution in [3.63, 3.8) is 0 Å². The second kappa shape index (κ2) is 2.33. The topological polar surface area (TPSA) is 77.0 Å². The second-order valence-electron chi connectivity index (χ2n) is 2.42. The number of aromatic nitrogens is 3. The molecule has 1 aromatic rings. The predicted molar refractivity (Wildman–Crippen MR) is 40.5 cm³/mol. The molecule has 0 unspecified atom stereocenters. The highest BCUT2D eigenvalue weighted by Crippen LogP contribution is 2.08. The number of amides is 2. The van der Waals surface area contributed by atoms with E-state index in [0.717, 1.165) is 0 Å². The Kier molecular flexibility index (Phi) is 1.33. The Labute approximate surface area is 68.3 Å². The first-order chi connectivity index (χ1) is 5.77. The third-order valence-corrected chi connectivity index (χ3v) is 1.65. The minimum Gasteiger partial charge on any atom is -0.351 e. The Balaban J connectivity index is 2.30. The van der Waals surface area contributed by atoms with Gasteiger partial charge >= 0.3 is 6.03 Å². The first-order valence-corrected chi connectivity index (χ1v) is 3.40. The number of hydrogen-bond donors (Lipinski definition) is 1. The molecule has 0 atom stereocenters. The molecule has 1 aliphatic rings. The second-order valence-corrected chi connectivity index (χ2v) is 2.42. The molecule has 0 fully saturated rings. The molecular weight excluding hydrogens is 158 g/mol. The van der Waals surface area contributed by atoms with E-state index in [9.17, 15) is 4.79 Å². The summed E-state index contributed by atoms with van der Waals surface area (Å²) in [5.41, 5.74) is 5.07. The van der Waals surface area contributed by atoms with E-state index in [-0.39, 0.29) is 0 Å². The van der Waals surface area contributed by atoms with Crippen LogP contribution < -0.4 is 5.73 Å². The van der Waals surface area contributed by atoms with Gasteiger partial charge in [0.2, 0.25) is 0 Å². The van der Waals surface area contributed by atoms with E-state index in [1.807, 2.05) is 0 Å². The van der Waals surface area contributed by atoms with Gasteiger partial charge in [0, 0.05) is 12.4 Å². The number of rotatable bonds is 0. The molecule has 2 heterocycles. The number of urea groups is 1. The molecule has 1 aliphatic heterocycles. The van der Waals surface area contributed by atoms with Crippen LogP contribution >= 0.6 is 0 Å². The van der Waals surface area contributed by atoms with E-state index in [4.69, 9.17) is 5.73 Å². The molecule has 0 aliphatic carbocycles. The van der Waals surface area contributed by atoms with Crippen molar-refractivity contribution in [3.05, 3.63) is 18.4 Å². The molecule has 0 bridgehead atoms. The van der Waals surface area contributed by atoms with Crippen LogP contribution in [0.5, 0.6) is 0 Å². The van der Waals surface area contributed by atoms with Crippen LogP contribution in [0, 0.1) is 0 Å². The lowest BCUT2D eigenvalue weighted by molar-refractivity contribution is 0.221. The third-order valence-electron chi connectivity index (χ3n) is 1.65. The highest BCUT2D eigenvalue weighted by molar-refractivity contribution is 5.73. The Morgan fingerprint density at radius 2 is 2.42 bits per heavy atom. The molecule has 0 spiro atoms. The van der Waals surface area contributed by atoms with Gasteiger partial charge in [-0.3, -0.25) is 9.47 Å². The monoisotopic (exact) mass is 165 g/mol. The normalized spacial score (nSPS) is 14.5. The molecule has 2 rings (SSSR count). The Morgan fingerprint density at radius 3 is 3.17 bits per heavy atom. The fraction of sp³-hybridized carbons (Fsp3) is 0.167. The van der Waals surface area contributed by atoms with Crippen molar-refractivity contribution in [1.29, 1.82) is 0 Å². The van der Waals surface area contributed by atoms with E-state index in [2.05, 4.69) is 10.2 Å². The van der Waals surface area contributed by atoms with E-state index >= 15 is 0 Å². The van der Waals surface area contributed by atoms with Gasteiger partial charge in [0.1, 0.15) is 6.33 Å². The molecule has 12 heavy (non-hydrogen) atoms. The highest BCUT2D eigenvalue weighted by Gasteiger charge is 2.14. The average Bonchev–Trinajstić information content (AvgIpc) is 2.49. The van der Waals surface area contributed by atoms with Crippen molar-refractivity contribution in [2.45, 2.75) is 6.54 Å². The van der Waals surface area contributed by atoms with Gasteiger partial charge in [0.05, 0.1) is 6.54 Å². The lowest BCUT2D eigenvalue weighted by Crippen LogP contribution is -2.33. The molecule has 2 N–H and O–H groups in total. The van der Waals surface area contributed by atoms with E-state index in [0.29, 0.717) is 12.4 Å². The molecule has 0 saturated carbocycles. The smallest absolute Gasteiger partial charge is 0.319 e. The Bertz CT molecular complexity index is 341. The van der Waals surface area contributed by atoms with Crippen LogP contribution in [0.3, 0.4) is 0 Å². The first kappa shape index (κ1) is 6.84. The number of fused-ring (bicyclic) bond motifs is 1. The van der Waals surface area contributed by atoms with Gasteiger partial charge in [-0.25, -0.2) is 4.79 Å². The number of carbonyl (C=O) groups excluding carboxylic acids is 1. The molecule has 0 aromatic carbocycles. The number of nitrogens with zero attached hydrogens (tertiary/aromatic N) is 4. The van der Waals surface area contributed by atoms with Gasteiger partial charge < -0.3 is 5.73 Å². The van der Waals surface area contributed by atoms with Crippen molar-refractivity contribution < 1.29 is 4.79 Å². The van der Waals surface area contributed by atoms with E-state index in [1.54, 1.807) is 23.3 Å². The molecule has 0 saturated heterocycles. The average molecular weight is 165 g/mol. The molecule has 1 aromatic heterocycles. The zero-order valence-corrected chi connectivity index (χ0v) is 6.21. The molecular formula is C6H7N5O. The van der Waals surface area contributed by atoms with Crippen molar-refractivity contribution >= 4 is 12.2 Å². The molecule has 62 valence electrons. The fourth-order valence-corrected chi connectivity index (χ4v) is 1.01. The Hall–Kier alpha value is -1.85. The SMILES string of the molecule is NC(=O)N1C=Cn2cnnc2C1. The van der Waals surface area contributed by atoms with Gasteiger partial charge in [-0.2, -0.15) is 0 Å². The third kappa shape index (κ3) is 0.931. The molecule has 6 heteroatoms. The van der Waals surface area contributed by atoms with Gasteiger partial charge in [-0.1, -0.05) is 0 Å². The van der Waals surface area contributed by atoms with Crippen LogP contribution in [0.25, 0.3) is 6.20 Å². The maximum Gasteiger partial charge on any atom is 0.319 e. The number of hydrogen-bond acceptors (Lipinski definition) is 3. The summed E-state index contributed by atoms with van der Waals surface area (Å²) in [6, 6.07) is -0.486. The standard InChI is InChI=1S/C6H7N5O/c7-6(12)10-1-2-11-4-8-9-5(11)3-10/h1-2,4H,3H2,(H2,7,12). The summed E-state index contributed by atoms with van der Waals surface area (Å²) >= 11 is 0. The van der Waals surface area contributed by atoms with Gasteiger partial charge in [0.15, 0.2) is 5.82 Å². The fourth-order valence-electron chi connectivity index (χ4n) is 1.01. The summed E-state index contributed by atoms with van der Waals surface area (Å²) in [6.07, 6.45) is 4.85. The Morgan fingerprint density at radius 1 is 1.58 bits per heavy atom. The molecule has 2 amide bonds. The highest BCUT2D eigenvalue weighted by atomic mass is 16.2. The lowest BCUT2D eigenvalue weighted by atomic mass is 10.4. The zero-order chi connectivity index (χ0) is 8.55. The van der Waals surface area contributed by atoms with Crippen LogP contribution in [0.1, 0.15) is 5.82 Å². The van der Waals surface area contributed by atoms with Crippen molar-refractivity contribution in [2.24, 2.45) is 5.73 Å². The van der Waals surface area contributed by atoms with E-state index in [1.165, 1.54) is 4.90 Å². The molecule has 0 radical (unpaired) electrons. The predicted octanol–water partition coefficient (Wildman–Crippen LogP) is -0.399. The first-order valence-electron chi connectivity index (χ1n) is 3.40. The number of carbonyl (C=O) groups is 1. The molecule has 6 nitrogen and oxygen atoms in total. The number of primary amides is 1. The largest absolute Gasteiger partial charge is 0.351 e. The minimum absolute atomic E-state index is 0.381. The summed E-state index contributed by atoms with van der Waals surface area (Å²) in [4.78, 5) is 12.1. The van der Waals surface area contributed by atoms with Crippen LogP contribution in [0.4, 0.5) is 4.79 Å². The summed E-state index contributed by atoms with van der Waals surface area (Å²) < 4.78 is 1.74. The van der Waals surface area contributed by atoms with E-state index < -0.39 is 6.03 Å². The van der Waals surface area contributed by atoms with Gasteiger partial charge in [-0.15, -0.1) is 10.2 Å². The number of nitrogens with two attached hydrogens (primary N) is 1. The van der Waals surface area contributed by atoms with Gasteiger partial charge in [0.25, 0.3) is 0 Å². The zero-order valence-electron chi connectivity index (χ0n) is 6.21. The summed E-state index contributed by atoms with van der Waals surface area (Å²) in [7, 11) is 0. The van der Waals surface area contributed by atoms with Crippen molar-refractivity contribution in [3.8, 4) is 0 Å². The quantitative estimate of drug-likeness (QED) is 0.568. The minimum atomic E-state index is -0.486. The maximum absolute atomic E-state index is 10.7. The van der Waals surface area contributed by atoms with Gasteiger partial charge in [-0.05, 0) is 0 Å².